The molecule has 6 nitrogen and oxygen atoms in total. The number of anilines is 2. The van der Waals surface area contributed by atoms with E-state index < -0.39 is 0 Å². The first-order chi connectivity index (χ1) is 9.33. The Morgan fingerprint density at radius 1 is 0.895 bits per heavy atom. The summed E-state index contributed by atoms with van der Waals surface area (Å²) < 4.78 is 0. The van der Waals surface area contributed by atoms with Crippen molar-refractivity contribution in [2.75, 3.05) is 56.1 Å². The van der Waals surface area contributed by atoms with Gasteiger partial charge in [-0.15, -0.1) is 5.10 Å². The highest BCUT2D eigenvalue weighted by Crippen LogP contribution is 2.18. The number of likely N-dealkylation sites (N-methyl/N-ethyl adjacent to an activating group) is 1. The molecule has 0 unspecified atom stereocenters. The zero-order chi connectivity index (χ0) is 13.1. The summed E-state index contributed by atoms with van der Waals surface area (Å²) in [7, 11) is 2.16. The molecule has 0 aromatic carbocycles. The van der Waals surface area contributed by atoms with Gasteiger partial charge < -0.3 is 14.7 Å². The number of aromatic nitrogens is 3. The van der Waals surface area contributed by atoms with E-state index in [9.17, 15) is 0 Å². The summed E-state index contributed by atoms with van der Waals surface area (Å²) in [4.78, 5) is 11.6. The number of rotatable bonds is 2. The van der Waals surface area contributed by atoms with Gasteiger partial charge in [-0.3, -0.25) is 0 Å². The van der Waals surface area contributed by atoms with Crippen molar-refractivity contribution in [3.8, 4) is 0 Å². The van der Waals surface area contributed by atoms with Crippen LogP contribution >= 0.6 is 0 Å². The molecule has 0 bridgehead atoms. The highest BCUT2D eigenvalue weighted by Gasteiger charge is 2.18. The minimum Gasteiger partial charge on any atom is -0.353 e. The molecule has 0 saturated carbocycles. The van der Waals surface area contributed by atoms with Crippen LogP contribution in [0.1, 0.15) is 19.3 Å². The molecule has 2 saturated heterocycles. The SMILES string of the molecule is CN1CCN(c2cnnc(N3CCCCC3)n2)CC1. The largest absolute Gasteiger partial charge is 0.353 e. The third-order valence-electron chi connectivity index (χ3n) is 4.00. The second-order valence-corrected chi connectivity index (χ2v) is 5.45. The van der Waals surface area contributed by atoms with Crippen LogP contribution in [-0.2, 0) is 0 Å². The van der Waals surface area contributed by atoms with Gasteiger partial charge in [0.2, 0.25) is 5.95 Å². The van der Waals surface area contributed by atoms with Gasteiger partial charge in [0.15, 0.2) is 5.82 Å². The van der Waals surface area contributed by atoms with Gasteiger partial charge in [0, 0.05) is 39.3 Å². The fourth-order valence-electron chi connectivity index (χ4n) is 2.70. The predicted molar refractivity (Wildman–Crippen MR) is 75.6 cm³/mol. The van der Waals surface area contributed by atoms with E-state index in [4.69, 9.17) is 4.98 Å². The zero-order valence-corrected chi connectivity index (χ0v) is 11.6. The van der Waals surface area contributed by atoms with Crippen LogP contribution in [0.3, 0.4) is 0 Å². The molecule has 2 aliphatic heterocycles. The molecule has 2 aliphatic rings. The number of nitrogens with zero attached hydrogens (tertiary/aromatic N) is 6. The Hall–Kier alpha value is -1.43. The molecule has 1 aromatic heterocycles. The van der Waals surface area contributed by atoms with Gasteiger partial charge in [-0.05, 0) is 26.3 Å². The van der Waals surface area contributed by atoms with E-state index in [1.165, 1.54) is 19.3 Å². The standard InChI is InChI=1S/C13H22N6/c1-17-7-9-18(10-8-17)12-11-14-16-13(15-12)19-5-3-2-4-6-19/h11H,2-10H2,1H3. The van der Waals surface area contributed by atoms with Crippen molar-refractivity contribution in [2.45, 2.75) is 19.3 Å². The Labute approximate surface area is 114 Å². The number of piperazine rings is 1. The highest BCUT2D eigenvalue weighted by molar-refractivity contribution is 5.42. The fourth-order valence-corrected chi connectivity index (χ4v) is 2.70. The summed E-state index contributed by atoms with van der Waals surface area (Å²) >= 11 is 0. The van der Waals surface area contributed by atoms with Gasteiger partial charge in [-0.1, -0.05) is 0 Å². The summed E-state index contributed by atoms with van der Waals surface area (Å²) in [6.45, 7) is 6.34. The molecule has 104 valence electrons. The molecule has 0 amide bonds. The van der Waals surface area contributed by atoms with Crippen molar-refractivity contribution in [2.24, 2.45) is 0 Å². The molecule has 3 heterocycles. The van der Waals surface area contributed by atoms with Gasteiger partial charge in [0.25, 0.3) is 0 Å². The van der Waals surface area contributed by atoms with E-state index >= 15 is 0 Å². The minimum atomic E-state index is 0.802. The van der Waals surface area contributed by atoms with E-state index in [0.29, 0.717) is 0 Å². The first kappa shape index (κ1) is 12.6. The Balaban J connectivity index is 1.72. The monoisotopic (exact) mass is 262 g/mol. The Morgan fingerprint density at radius 3 is 2.37 bits per heavy atom. The normalized spacial score (nSPS) is 21.7. The van der Waals surface area contributed by atoms with E-state index in [1.54, 1.807) is 6.20 Å². The summed E-state index contributed by atoms with van der Waals surface area (Å²) in [6, 6.07) is 0. The molecule has 3 rings (SSSR count). The minimum absolute atomic E-state index is 0.802. The van der Waals surface area contributed by atoms with E-state index in [0.717, 1.165) is 51.0 Å². The van der Waals surface area contributed by atoms with E-state index in [1.807, 2.05) is 0 Å². The van der Waals surface area contributed by atoms with Crippen molar-refractivity contribution >= 4 is 11.8 Å². The van der Waals surface area contributed by atoms with Gasteiger partial charge in [-0.25, -0.2) is 0 Å². The summed E-state index contributed by atoms with van der Waals surface area (Å²) in [5.74, 6) is 1.78. The lowest BCUT2D eigenvalue weighted by atomic mass is 10.1. The van der Waals surface area contributed by atoms with Crippen LogP contribution < -0.4 is 9.80 Å². The number of hydrogen-bond donors (Lipinski definition) is 0. The maximum Gasteiger partial charge on any atom is 0.247 e. The third-order valence-corrected chi connectivity index (χ3v) is 4.00. The van der Waals surface area contributed by atoms with Crippen molar-refractivity contribution in [1.82, 2.24) is 20.1 Å². The number of hydrogen-bond acceptors (Lipinski definition) is 6. The quantitative estimate of drug-likeness (QED) is 0.778. The van der Waals surface area contributed by atoms with Gasteiger partial charge >= 0.3 is 0 Å². The van der Waals surface area contributed by atoms with Gasteiger partial charge in [-0.2, -0.15) is 10.1 Å². The van der Waals surface area contributed by atoms with E-state index in [2.05, 4.69) is 31.9 Å². The Kier molecular flexibility index (Phi) is 3.77. The molecule has 0 radical (unpaired) electrons. The molecular weight excluding hydrogens is 240 g/mol. The van der Waals surface area contributed by atoms with Gasteiger partial charge in [0.1, 0.15) is 0 Å². The Bertz CT molecular complexity index is 409. The van der Waals surface area contributed by atoms with Crippen LogP contribution in [0.5, 0.6) is 0 Å². The van der Waals surface area contributed by atoms with Crippen LogP contribution in [0.15, 0.2) is 6.20 Å². The molecule has 0 spiro atoms. The smallest absolute Gasteiger partial charge is 0.247 e. The molecule has 2 fully saturated rings. The maximum absolute atomic E-state index is 4.70. The molecule has 0 atom stereocenters. The predicted octanol–water partition coefficient (Wildman–Crippen LogP) is 0.614. The lowest BCUT2D eigenvalue weighted by molar-refractivity contribution is 0.312. The third kappa shape index (κ3) is 2.94. The number of piperidine rings is 1. The van der Waals surface area contributed by atoms with Crippen molar-refractivity contribution < 1.29 is 0 Å². The van der Waals surface area contributed by atoms with E-state index in [-0.39, 0.29) is 0 Å². The molecule has 6 heteroatoms. The Morgan fingerprint density at radius 2 is 1.63 bits per heavy atom. The molecule has 0 aliphatic carbocycles. The maximum atomic E-state index is 4.70. The average molecular weight is 262 g/mol. The van der Waals surface area contributed by atoms with Crippen LogP contribution in [0.2, 0.25) is 0 Å². The fraction of sp³-hybridized carbons (Fsp3) is 0.769. The second-order valence-electron chi connectivity index (χ2n) is 5.45. The van der Waals surface area contributed by atoms with Crippen molar-refractivity contribution in [3.05, 3.63) is 6.20 Å². The summed E-state index contributed by atoms with van der Waals surface area (Å²) in [5.41, 5.74) is 0. The van der Waals surface area contributed by atoms with Crippen LogP contribution in [0.4, 0.5) is 11.8 Å². The molecular formula is C13H22N6. The summed E-state index contributed by atoms with van der Waals surface area (Å²) in [5, 5.41) is 8.35. The van der Waals surface area contributed by atoms with Crippen LogP contribution in [0.25, 0.3) is 0 Å². The zero-order valence-electron chi connectivity index (χ0n) is 11.6. The topological polar surface area (TPSA) is 48.4 Å². The van der Waals surface area contributed by atoms with Crippen molar-refractivity contribution in [1.29, 1.82) is 0 Å². The first-order valence-corrected chi connectivity index (χ1v) is 7.21. The molecule has 19 heavy (non-hydrogen) atoms. The second kappa shape index (κ2) is 5.69. The first-order valence-electron chi connectivity index (χ1n) is 7.21. The lowest BCUT2D eigenvalue weighted by Gasteiger charge is -2.33. The average Bonchev–Trinajstić information content (AvgIpc) is 2.49. The summed E-state index contributed by atoms with van der Waals surface area (Å²) in [6.07, 6.45) is 5.59. The van der Waals surface area contributed by atoms with Crippen LogP contribution in [-0.4, -0.2) is 66.4 Å². The van der Waals surface area contributed by atoms with Crippen LogP contribution in [0, 0.1) is 0 Å². The molecule has 0 N–H and O–H groups in total. The molecule has 1 aromatic rings. The van der Waals surface area contributed by atoms with Crippen molar-refractivity contribution in [3.63, 3.8) is 0 Å². The van der Waals surface area contributed by atoms with Gasteiger partial charge in [0.05, 0.1) is 6.20 Å². The highest BCUT2D eigenvalue weighted by atomic mass is 15.4. The lowest BCUT2D eigenvalue weighted by Crippen LogP contribution is -2.45.